The van der Waals surface area contributed by atoms with E-state index in [4.69, 9.17) is 27.9 Å². The summed E-state index contributed by atoms with van der Waals surface area (Å²) in [7, 11) is 0. The standard InChI is InChI=1S/C35H37Cl2NO3/c1-4-7-8-9-10-21-41-28-18-13-24(14-19-28)29-23-31(36)33(25-11-15-26(16-12-25)38(5-2)6-3)34(35(29)37)30-22-27(39)17-20-32(30)40/h11-20,22-23H,4-10,21H2,1-3H3. The van der Waals surface area contributed by atoms with Crippen molar-refractivity contribution in [1.82, 2.24) is 0 Å². The fourth-order valence-electron chi connectivity index (χ4n) is 5.13. The molecular weight excluding hydrogens is 553 g/mol. The normalized spacial score (nSPS) is 13.0. The van der Waals surface area contributed by atoms with Gasteiger partial charge >= 0.3 is 0 Å². The summed E-state index contributed by atoms with van der Waals surface area (Å²) in [6.07, 6.45) is 9.81. The predicted molar refractivity (Wildman–Crippen MR) is 172 cm³/mol. The molecule has 214 valence electrons. The minimum atomic E-state index is -0.289. The second kappa shape index (κ2) is 14.5. The SMILES string of the molecule is CCCCCCCOc1ccc(-c2cc(Cl)c(-c3ccc(N(CC)CC)cc3)c(C3=CC(=O)C=CC3=O)c2Cl)cc1. The van der Waals surface area contributed by atoms with Gasteiger partial charge in [0.1, 0.15) is 5.75 Å². The van der Waals surface area contributed by atoms with Gasteiger partial charge in [-0.05, 0) is 80.0 Å². The number of anilines is 1. The van der Waals surface area contributed by atoms with Gasteiger partial charge in [-0.25, -0.2) is 0 Å². The van der Waals surface area contributed by atoms with Crippen molar-refractivity contribution in [3.63, 3.8) is 0 Å². The molecule has 4 nitrogen and oxygen atoms in total. The molecule has 0 N–H and O–H groups in total. The van der Waals surface area contributed by atoms with Gasteiger partial charge < -0.3 is 9.64 Å². The van der Waals surface area contributed by atoms with Gasteiger partial charge in [0.2, 0.25) is 0 Å². The first-order valence-corrected chi connectivity index (χ1v) is 15.2. The molecule has 0 radical (unpaired) electrons. The summed E-state index contributed by atoms with van der Waals surface area (Å²) in [6, 6.07) is 17.6. The number of carbonyl (C=O) groups is 2. The third-order valence-corrected chi connectivity index (χ3v) is 8.09. The summed E-state index contributed by atoms with van der Waals surface area (Å²) in [5.41, 5.74) is 4.73. The maximum Gasteiger partial charge on any atom is 0.186 e. The van der Waals surface area contributed by atoms with E-state index in [1.165, 1.54) is 43.9 Å². The molecule has 0 saturated carbocycles. The zero-order chi connectivity index (χ0) is 29.4. The smallest absolute Gasteiger partial charge is 0.186 e. The van der Waals surface area contributed by atoms with E-state index in [2.05, 4.69) is 25.7 Å². The molecule has 0 saturated heterocycles. The van der Waals surface area contributed by atoms with E-state index in [9.17, 15) is 9.59 Å². The minimum Gasteiger partial charge on any atom is -0.494 e. The first-order chi connectivity index (χ1) is 19.9. The van der Waals surface area contributed by atoms with Crippen LogP contribution in [0.25, 0.3) is 27.8 Å². The van der Waals surface area contributed by atoms with Crippen molar-refractivity contribution in [3.8, 4) is 28.0 Å². The molecule has 0 aliphatic heterocycles. The molecule has 4 rings (SSSR count). The number of ketones is 2. The lowest BCUT2D eigenvalue weighted by Crippen LogP contribution is -2.21. The zero-order valence-electron chi connectivity index (χ0n) is 24.0. The Bertz CT molecular complexity index is 1440. The lowest BCUT2D eigenvalue weighted by Gasteiger charge is -2.22. The summed E-state index contributed by atoms with van der Waals surface area (Å²) in [4.78, 5) is 27.7. The number of allylic oxidation sites excluding steroid dienone is 4. The summed E-state index contributed by atoms with van der Waals surface area (Å²) >= 11 is 14.1. The van der Waals surface area contributed by atoms with Crippen LogP contribution < -0.4 is 9.64 Å². The number of ether oxygens (including phenoxy) is 1. The Morgan fingerprint density at radius 2 is 1.41 bits per heavy atom. The molecule has 0 aromatic heterocycles. The van der Waals surface area contributed by atoms with E-state index in [0.717, 1.165) is 42.1 Å². The number of hydrogen-bond donors (Lipinski definition) is 0. The maximum atomic E-state index is 13.1. The van der Waals surface area contributed by atoms with Crippen molar-refractivity contribution in [2.75, 3.05) is 24.6 Å². The molecule has 0 spiro atoms. The largest absolute Gasteiger partial charge is 0.494 e. The van der Waals surface area contributed by atoms with Gasteiger partial charge in [-0.1, -0.05) is 80.1 Å². The Morgan fingerprint density at radius 3 is 2.07 bits per heavy atom. The Labute approximate surface area is 253 Å². The number of halogens is 2. The highest BCUT2D eigenvalue weighted by molar-refractivity contribution is 6.44. The summed E-state index contributed by atoms with van der Waals surface area (Å²) in [5.74, 6) is 0.233. The molecule has 1 aliphatic carbocycles. The molecule has 3 aromatic rings. The molecular formula is C35H37Cl2NO3. The number of carbonyl (C=O) groups excluding carboxylic acids is 2. The van der Waals surface area contributed by atoms with Gasteiger partial charge in [-0.3, -0.25) is 9.59 Å². The van der Waals surface area contributed by atoms with Gasteiger partial charge in [0.15, 0.2) is 11.6 Å². The van der Waals surface area contributed by atoms with Crippen molar-refractivity contribution in [3.05, 3.63) is 88.4 Å². The van der Waals surface area contributed by atoms with Crippen molar-refractivity contribution >= 4 is 46.0 Å². The van der Waals surface area contributed by atoms with Crippen LogP contribution in [0.4, 0.5) is 5.69 Å². The van der Waals surface area contributed by atoms with Crippen LogP contribution in [0.5, 0.6) is 5.75 Å². The van der Waals surface area contributed by atoms with Crippen molar-refractivity contribution in [2.24, 2.45) is 0 Å². The predicted octanol–water partition coefficient (Wildman–Crippen LogP) is 9.61. The Morgan fingerprint density at radius 1 is 0.756 bits per heavy atom. The quantitative estimate of drug-likeness (QED) is 0.147. The molecule has 0 unspecified atom stereocenters. The van der Waals surface area contributed by atoms with Crippen molar-refractivity contribution in [1.29, 1.82) is 0 Å². The average molecular weight is 591 g/mol. The minimum absolute atomic E-state index is 0.233. The summed E-state index contributed by atoms with van der Waals surface area (Å²) in [6.45, 7) is 8.90. The third-order valence-electron chi connectivity index (χ3n) is 7.40. The number of unbranched alkanes of at least 4 members (excludes halogenated alkanes) is 4. The van der Waals surface area contributed by atoms with Crippen LogP contribution in [0.15, 0.2) is 72.8 Å². The van der Waals surface area contributed by atoms with Crippen LogP contribution >= 0.6 is 23.2 Å². The first kappa shape index (κ1) is 30.6. The lowest BCUT2D eigenvalue weighted by molar-refractivity contribution is -0.113. The molecule has 3 aromatic carbocycles. The van der Waals surface area contributed by atoms with Gasteiger partial charge in [0.25, 0.3) is 0 Å². The van der Waals surface area contributed by atoms with E-state index < -0.39 is 0 Å². The molecule has 0 bridgehead atoms. The number of benzene rings is 3. The van der Waals surface area contributed by atoms with Gasteiger partial charge in [0, 0.05) is 46.1 Å². The fourth-order valence-corrected chi connectivity index (χ4v) is 5.80. The molecule has 1 aliphatic rings. The highest BCUT2D eigenvalue weighted by Crippen LogP contribution is 2.46. The van der Waals surface area contributed by atoms with Crippen LogP contribution in [-0.2, 0) is 9.59 Å². The number of rotatable bonds is 13. The van der Waals surface area contributed by atoms with E-state index in [0.29, 0.717) is 33.3 Å². The van der Waals surface area contributed by atoms with Gasteiger partial charge in [-0.15, -0.1) is 0 Å². The second-order valence-corrected chi connectivity index (χ2v) is 10.9. The molecule has 41 heavy (non-hydrogen) atoms. The van der Waals surface area contributed by atoms with Crippen LogP contribution in [-0.4, -0.2) is 31.3 Å². The van der Waals surface area contributed by atoms with Crippen LogP contribution in [0.1, 0.15) is 58.4 Å². The van der Waals surface area contributed by atoms with Gasteiger partial charge in [0.05, 0.1) is 11.6 Å². The zero-order valence-corrected chi connectivity index (χ0v) is 25.5. The molecule has 0 heterocycles. The van der Waals surface area contributed by atoms with Gasteiger partial charge in [-0.2, -0.15) is 0 Å². The van der Waals surface area contributed by atoms with E-state index >= 15 is 0 Å². The van der Waals surface area contributed by atoms with Crippen molar-refractivity contribution < 1.29 is 14.3 Å². The first-order valence-electron chi connectivity index (χ1n) is 14.5. The summed E-state index contributed by atoms with van der Waals surface area (Å²) in [5, 5.41) is 0.808. The molecule has 0 atom stereocenters. The monoisotopic (exact) mass is 589 g/mol. The lowest BCUT2D eigenvalue weighted by atomic mass is 9.87. The van der Waals surface area contributed by atoms with E-state index in [1.54, 1.807) is 0 Å². The molecule has 0 fully saturated rings. The Hall–Kier alpha value is -3.34. The van der Waals surface area contributed by atoms with E-state index in [1.807, 2.05) is 54.6 Å². The van der Waals surface area contributed by atoms with Crippen LogP contribution in [0, 0.1) is 0 Å². The Kier molecular flexibility index (Phi) is 10.8. The second-order valence-electron chi connectivity index (χ2n) is 10.1. The number of hydrogen-bond acceptors (Lipinski definition) is 4. The topological polar surface area (TPSA) is 46.6 Å². The highest BCUT2D eigenvalue weighted by atomic mass is 35.5. The van der Waals surface area contributed by atoms with Crippen LogP contribution in [0.3, 0.4) is 0 Å². The molecule has 0 amide bonds. The highest BCUT2D eigenvalue weighted by Gasteiger charge is 2.26. The third kappa shape index (κ3) is 7.30. The van der Waals surface area contributed by atoms with E-state index in [-0.39, 0.29) is 17.1 Å². The van der Waals surface area contributed by atoms with Crippen molar-refractivity contribution in [2.45, 2.75) is 52.9 Å². The fraction of sp³-hybridized carbons (Fsp3) is 0.314. The van der Waals surface area contributed by atoms with Crippen LogP contribution in [0.2, 0.25) is 10.0 Å². The Balaban J connectivity index is 1.72. The maximum absolute atomic E-state index is 13.1. The summed E-state index contributed by atoms with van der Waals surface area (Å²) < 4.78 is 5.93. The number of nitrogens with zero attached hydrogens (tertiary/aromatic N) is 1. The average Bonchev–Trinajstić information content (AvgIpc) is 2.98. The molecule has 6 heteroatoms.